The standard InChI is InChI=1S/C18H30O3/c1-12(19)20-15-11-14-17(4)9-6-8-16(2,3)13(17)7-10-18(14,5)21-15/h13-15H,6-11H2,1-5H3/t13-,14+,15?,17-,18+/m0/s1. The molecule has 0 bridgehead atoms. The zero-order chi connectivity index (χ0) is 15.5. The zero-order valence-corrected chi connectivity index (χ0v) is 14.2. The van der Waals surface area contributed by atoms with Gasteiger partial charge in [-0.25, -0.2) is 0 Å². The van der Waals surface area contributed by atoms with Gasteiger partial charge < -0.3 is 9.47 Å². The van der Waals surface area contributed by atoms with Gasteiger partial charge in [0, 0.05) is 13.3 Å². The number of rotatable bonds is 1. The van der Waals surface area contributed by atoms with E-state index in [1.807, 2.05) is 0 Å². The molecule has 0 aromatic heterocycles. The van der Waals surface area contributed by atoms with Crippen LogP contribution in [0.4, 0.5) is 0 Å². The number of fused-ring (bicyclic) bond motifs is 3. The van der Waals surface area contributed by atoms with E-state index in [0.717, 1.165) is 18.8 Å². The van der Waals surface area contributed by atoms with Crippen molar-refractivity contribution in [3.63, 3.8) is 0 Å². The maximum atomic E-state index is 11.3. The van der Waals surface area contributed by atoms with Gasteiger partial charge in [0.25, 0.3) is 0 Å². The Balaban J connectivity index is 1.89. The Morgan fingerprint density at radius 1 is 1.10 bits per heavy atom. The van der Waals surface area contributed by atoms with Gasteiger partial charge in [0.2, 0.25) is 6.29 Å². The van der Waals surface area contributed by atoms with Crippen LogP contribution in [0.2, 0.25) is 0 Å². The van der Waals surface area contributed by atoms with Crippen LogP contribution in [0.1, 0.15) is 73.1 Å². The summed E-state index contributed by atoms with van der Waals surface area (Å²) in [5.41, 5.74) is 0.635. The van der Waals surface area contributed by atoms with E-state index < -0.39 is 0 Å². The van der Waals surface area contributed by atoms with Gasteiger partial charge in [0.05, 0.1) is 5.60 Å². The maximum absolute atomic E-state index is 11.3. The molecular formula is C18H30O3. The molecule has 1 aliphatic heterocycles. The van der Waals surface area contributed by atoms with Crippen molar-refractivity contribution in [1.82, 2.24) is 0 Å². The van der Waals surface area contributed by atoms with Crippen molar-refractivity contribution in [2.24, 2.45) is 22.7 Å². The first kappa shape index (κ1) is 15.3. The van der Waals surface area contributed by atoms with Gasteiger partial charge >= 0.3 is 5.97 Å². The molecule has 0 aromatic rings. The molecule has 0 spiro atoms. The SMILES string of the molecule is CC(=O)OC1C[C@@H]2[C@@]3(C)CCCC(C)(C)[C@@H]3CC[C@@]2(C)O1. The highest BCUT2D eigenvalue weighted by Crippen LogP contribution is 2.65. The highest BCUT2D eigenvalue weighted by molar-refractivity contribution is 5.66. The molecule has 1 unspecified atom stereocenters. The number of hydrogen-bond acceptors (Lipinski definition) is 3. The average Bonchev–Trinajstić information content (AvgIpc) is 2.65. The zero-order valence-electron chi connectivity index (χ0n) is 14.2. The van der Waals surface area contributed by atoms with Crippen LogP contribution in [0.3, 0.4) is 0 Å². The van der Waals surface area contributed by atoms with Gasteiger partial charge in [0.15, 0.2) is 0 Å². The Bertz CT molecular complexity index is 444. The second-order valence-corrected chi connectivity index (χ2v) is 8.70. The summed E-state index contributed by atoms with van der Waals surface area (Å²) in [6.07, 6.45) is 6.81. The van der Waals surface area contributed by atoms with Gasteiger partial charge in [-0.1, -0.05) is 27.2 Å². The molecule has 2 saturated carbocycles. The molecule has 0 amide bonds. The first-order valence-electron chi connectivity index (χ1n) is 8.52. The molecular weight excluding hydrogens is 264 g/mol. The van der Waals surface area contributed by atoms with E-state index in [1.54, 1.807) is 0 Å². The van der Waals surface area contributed by atoms with Gasteiger partial charge in [-0.05, 0) is 55.3 Å². The van der Waals surface area contributed by atoms with Gasteiger partial charge in [0.1, 0.15) is 0 Å². The van der Waals surface area contributed by atoms with Crippen LogP contribution in [0, 0.1) is 22.7 Å². The monoisotopic (exact) mass is 294 g/mol. The topological polar surface area (TPSA) is 35.5 Å². The van der Waals surface area contributed by atoms with Crippen molar-refractivity contribution >= 4 is 5.97 Å². The summed E-state index contributed by atoms with van der Waals surface area (Å²) in [4.78, 5) is 11.3. The predicted molar refractivity (Wildman–Crippen MR) is 81.6 cm³/mol. The van der Waals surface area contributed by atoms with Crippen molar-refractivity contribution in [2.45, 2.75) is 85.0 Å². The summed E-state index contributed by atoms with van der Waals surface area (Å²) in [5.74, 6) is 1.04. The summed E-state index contributed by atoms with van der Waals surface area (Å²) in [7, 11) is 0. The first-order chi connectivity index (χ1) is 9.67. The van der Waals surface area contributed by atoms with E-state index in [4.69, 9.17) is 9.47 Å². The third-order valence-corrected chi connectivity index (χ3v) is 6.86. The van der Waals surface area contributed by atoms with Crippen LogP contribution >= 0.6 is 0 Å². The summed E-state index contributed by atoms with van der Waals surface area (Å²) >= 11 is 0. The number of esters is 1. The molecule has 1 heterocycles. The minimum absolute atomic E-state index is 0.112. The molecule has 3 fully saturated rings. The summed E-state index contributed by atoms with van der Waals surface area (Å²) in [6, 6.07) is 0. The molecule has 3 heteroatoms. The van der Waals surface area contributed by atoms with Crippen molar-refractivity contribution < 1.29 is 14.3 Å². The predicted octanol–water partition coefficient (Wildman–Crippen LogP) is 4.30. The Kier molecular flexibility index (Phi) is 3.44. The van der Waals surface area contributed by atoms with Gasteiger partial charge in [-0.2, -0.15) is 0 Å². The van der Waals surface area contributed by atoms with Gasteiger partial charge in [-0.3, -0.25) is 4.79 Å². The fraction of sp³-hybridized carbons (Fsp3) is 0.944. The summed E-state index contributed by atoms with van der Waals surface area (Å²) in [5, 5.41) is 0. The molecule has 0 radical (unpaired) electrons. The van der Waals surface area contributed by atoms with E-state index in [-0.39, 0.29) is 17.9 Å². The molecule has 0 aromatic carbocycles. The van der Waals surface area contributed by atoms with E-state index in [0.29, 0.717) is 16.7 Å². The number of carbonyl (C=O) groups excluding carboxylic acids is 1. The fourth-order valence-corrected chi connectivity index (χ4v) is 6.06. The van der Waals surface area contributed by atoms with Crippen LogP contribution in [0.15, 0.2) is 0 Å². The number of carbonyl (C=O) groups is 1. The molecule has 3 aliphatic rings. The average molecular weight is 294 g/mol. The Morgan fingerprint density at radius 3 is 2.48 bits per heavy atom. The largest absolute Gasteiger partial charge is 0.436 e. The normalized spacial score (nSPS) is 48.3. The minimum Gasteiger partial charge on any atom is -0.436 e. The molecule has 2 aliphatic carbocycles. The lowest BCUT2D eigenvalue weighted by molar-refractivity contribution is -0.199. The lowest BCUT2D eigenvalue weighted by atomic mass is 9.45. The Labute approximate surface area is 128 Å². The van der Waals surface area contributed by atoms with Crippen molar-refractivity contribution in [1.29, 1.82) is 0 Å². The molecule has 3 nitrogen and oxygen atoms in total. The third-order valence-electron chi connectivity index (χ3n) is 6.86. The van der Waals surface area contributed by atoms with E-state index in [9.17, 15) is 4.79 Å². The van der Waals surface area contributed by atoms with Crippen molar-refractivity contribution in [3.8, 4) is 0 Å². The maximum Gasteiger partial charge on any atom is 0.304 e. The smallest absolute Gasteiger partial charge is 0.304 e. The van der Waals surface area contributed by atoms with Crippen molar-refractivity contribution in [3.05, 3.63) is 0 Å². The highest BCUT2D eigenvalue weighted by Gasteiger charge is 2.62. The van der Waals surface area contributed by atoms with E-state index in [2.05, 4.69) is 27.7 Å². The highest BCUT2D eigenvalue weighted by atomic mass is 16.7. The van der Waals surface area contributed by atoms with Crippen LogP contribution in [-0.4, -0.2) is 17.9 Å². The number of hydrogen-bond donors (Lipinski definition) is 0. The molecule has 3 rings (SSSR count). The molecule has 5 atom stereocenters. The Morgan fingerprint density at radius 2 is 1.81 bits per heavy atom. The Hall–Kier alpha value is -0.570. The van der Waals surface area contributed by atoms with E-state index in [1.165, 1.54) is 32.6 Å². The lowest BCUT2D eigenvalue weighted by Crippen LogP contribution is -2.55. The van der Waals surface area contributed by atoms with Crippen LogP contribution < -0.4 is 0 Å². The van der Waals surface area contributed by atoms with Crippen LogP contribution in [0.25, 0.3) is 0 Å². The quantitative estimate of drug-likeness (QED) is 0.676. The van der Waals surface area contributed by atoms with Crippen LogP contribution in [-0.2, 0) is 14.3 Å². The third kappa shape index (κ3) is 2.32. The molecule has 1 saturated heterocycles. The van der Waals surface area contributed by atoms with E-state index >= 15 is 0 Å². The second-order valence-electron chi connectivity index (χ2n) is 8.70. The summed E-state index contributed by atoms with van der Waals surface area (Å²) in [6.45, 7) is 11.1. The molecule has 21 heavy (non-hydrogen) atoms. The van der Waals surface area contributed by atoms with Crippen molar-refractivity contribution in [2.75, 3.05) is 0 Å². The van der Waals surface area contributed by atoms with Gasteiger partial charge in [-0.15, -0.1) is 0 Å². The second kappa shape index (κ2) is 4.71. The molecule has 120 valence electrons. The lowest BCUT2D eigenvalue weighted by Gasteiger charge is -2.60. The molecule has 0 N–H and O–H groups in total. The number of ether oxygens (including phenoxy) is 2. The van der Waals surface area contributed by atoms with Crippen LogP contribution in [0.5, 0.6) is 0 Å². The first-order valence-corrected chi connectivity index (χ1v) is 8.52. The minimum atomic E-state index is -0.335. The fourth-order valence-electron chi connectivity index (χ4n) is 6.06. The summed E-state index contributed by atoms with van der Waals surface area (Å²) < 4.78 is 11.6.